The minimum atomic E-state index is -0.516. The third-order valence-electron chi connectivity index (χ3n) is 3.17. The number of ether oxygens (including phenoxy) is 1. The molecule has 18 heavy (non-hydrogen) atoms. The maximum absolute atomic E-state index is 13.4. The van der Waals surface area contributed by atoms with E-state index in [2.05, 4.69) is 15.9 Å². The first-order valence-electron chi connectivity index (χ1n) is 6.07. The molecule has 2 rings (SSSR count). The van der Waals surface area contributed by atoms with E-state index in [4.69, 9.17) is 16.3 Å². The molecule has 2 atom stereocenters. The Bertz CT molecular complexity index is 428. The normalized spacial score (nSPS) is 24.7. The summed E-state index contributed by atoms with van der Waals surface area (Å²) >= 11 is 8.96. The molecule has 1 aliphatic rings. The second-order valence-electron chi connectivity index (χ2n) is 4.56. The predicted molar refractivity (Wildman–Crippen MR) is 72.6 cm³/mol. The zero-order chi connectivity index (χ0) is 13.1. The molecule has 0 saturated heterocycles. The molecule has 1 aliphatic carbocycles. The van der Waals surface area contributed by atoms with Gasteiger partial charge in [0.25, 0.3) is 0 Å². The molecule has 0 spiro atoms. The van der Waals surface area contributed by atoms with Gasteiger partial charge in [0.2, 0.25) is 0 Å². The summed E-state index contributed by atoms with van der Waals surface area (Å²) in [5, 5.41) is 10.0. The van der Waals surface area contributed by atoms with Crippen LogP contribution in [0.15, 0.2) is 16.6 Å². The summed E-state index contributed by atoms with van der Waals surface area (Å²) in [7, 11) is 0. The number of aliphatic hydroxyl groups is 1. The fourth-order valence-corrected chi connectivity index (χ4v) is 2.88. The Hall–Kier alpha value is -0.320. The van der Waals surface area contributed by atoms with Gasteiger partial charge in [-0.2, -0.15) is 0 Å². The van der Waals surface area contributed by atoms with Crippen LogP contribution in [0.3, 0.4) is 0 Å². The Morgan fingerprint density at radius 2 is 2.00 bits per heavy atom. The molecule has 2 unspecified atom stereocenters. The quantitative estimate of drug-likeness (QED) is 0.643. The molecule has 1 aromatic rings. The molecule has 1 aromatic carbocycles. The van der Waals surface area contributed by atoms with Gasteiger partial charge in [-0.3, -0.25) is 0 Å². The Morgan fingerprint density at radius 3 is 2.78 bits per heavy atom. The highest BCUT2D eigenvalue weighted by Crippen LogP contribution is 2.33. The first-order chi connectivity index (χ1) is 8.58. The highest BCUT2D eigenvalue weighted by molar-refractivity contribution is 9.10. The van der Waals surface area contributed by atoms with E-state index in [9.17, 15) is 9.50 Å². The molecule has 0 amide bonds. The lowest BCUT2D eigenvalue weighted by Gasteiger charge is -2.22. The number of aliphatic hydroxyl groups excluding tert-OH is 1. The molecule has 1 fully saturated rings. The molecular weight excluding hydrogens is 322 g/mol. The van der Waals surface area contributed by atoms with E-state index in [1.807, 2.05) is 0 Å². The lowest BCUT2D eigenvalue weighted by Crippen LogP contribution is -2.30. The van der Waals surface area contributed by atoms with E-state index in [1.165, 1.54) is 12.1 Å². The average Bonchev–Trinajstić information content (AvgIpc) is 2.52. The number of halogens is 3. The monoisotopic (exact) mass is 336 g/mol. The van der Waals surface area contributed by atoms with Gasteiger partial charge in [0.15, 0.2) is 0 Å². The molecule has 1 N–H and O–H groups in total. The number of hydrogen-bond donors (Lipinski definition) is 1. The summed E-state index contributed by atoms with van der Waals surface area (Å²) in [6.07, 6.45) is 3.90. The van der Waals surface area contributed by atoms with E-state index in [0.29, 0.717) is 10.2 Å². The van der Waals surface area contributed by atoms with Crippen LogP contribution in [0.2, 0.25) is 5.02 Å². The van der Waals surface area contributed by atoms with Gasteiger partial charge in [-0.05, 0) is 41.3 Å². The number of benzene rings is 1. The van der Waals surface area contributed by atoms with Crippen molar-refractivity contribution >= 4 is 27.5 Å². The highest BCUT2D eigenvalue weighted by atomic mass is 79.9. The summed E-state index contributed by atoms with van der Waals surface area (Å²) < 4.78 is 19.7. The van der Waals surface area contributed by atoms with Gasteiger partial charge >= 0.3 is 0 Å². The summed E-state index contributed by atoms with van der Waals surface area (Å²) in [4.78, 5) is 0. The highest BCUT2D eigenvalue weighted by Gasteiger charge is 2.24. The van der Waals surface area contributed by atoms with Crippen LogP contribution in [-0.4, -0.2) is 17.3 Å². The van der Waals surface area contributed by atoms with Crippen LogP contribution in [0.1, 0.15) is 32.1 Å². The largest absolute Gasteiger partial charge is 0.486 e. The van der Waals surface area contributed by atoms with Gasteiger partial charge < -0.3 is 9.84 Å². The first-order valence-corrected chi connectivity index (χ1v) is 7.24. The average molecular weight is 338 g/mol. The SMILES string of the molecule is OC1CCCCCC1Oc1cc(F)c(Cl)cc1Br. The molecule has 2 nitrogen and oxygen atoms in total. The van der Waals surface area contributed by atoms with Crippen molar-refractivity contribution in [2.45, 2.75) is 44.3 Å². The maximum atomic E-state index is 13.4. The number of hydrogen-bond acceptors (Lipinski definition) is 2. The van der Waals surface area contributed by atoms with Crippen LogP contribution in [0.25, 0.3) is 0 Å². The topological polar surface area (TPSA) is 29.5 Å². The van der Waals surface area contributed by atoms with E-state index >= 15 is 0 Å². The maximum Gasteiger partial charge on any atom is 0.145 e. The molecule has 100 valence electrons. The van der Waals surface area contributed by atoms with Crippen molar-refractivity contribution in [1.29, 1.82) is 0 Å². The van der Waals surface area contributed by atoms with E-state index in [0.717, 1.165) is 32.1 Å². The third-order valence-corrected chi connectivity index (χ3v) is 4.08. The van der Waals surface area contributed by atoms with Gasteiger partial charge in [0.05, 0.1) is 15.6 Å². The molecule has 0 aromatic heterocycles. The molecule has 0 radical (unpaired) electrons. The third kappa shape index (κ3) is 3.37. The molecule has 0 aliphatic heterocycles. The van der Waals surface area contributed by atoms with Gasteiger partial charge in [-0.25, -0.2) is 4.39 Å². The molecule has 1 saturated carbocycles. The van der Waals surface area contributed by atoms with Crippen LogP contribution < -0.4 is 4.74 Å². The first kappa shape index (κ1) is 14.1. The van der Waals surface area contributed by atoms with Crippen LogP contribution in [-0.2, 0) is 0 Å². The van der Waals surface area contributed by atoms with Gasteiger partial charge in [0, 0.05) is 6.07 Å². The Kier molecular flexibility index (Phi) is 4.87. The Morgan fingerprint density at radius 1 is 1.28 bits per heavy atom. The summed E-state index contributed by atoms with van der Waals surface area (Å²) in [6, 6.07) is 2.72. The predicted octanol–water partition coefficient (Wildman–Crippen LogP) is 4.31. The van der Waals surface area contributed by atoms with Crippen molar-refractivity contribution in [3.8, 4) is 5.75 Å². The van der Waals surface area contributed by atoms with Crippen molar-refractivity contribution in [2.75, 3.05) is 0 Å². The van der Waals surface area contributed by atoms with Crippen molar-refractivity contribution < 1.29 is 14.2 Å². The van der Waals surface area contributed by atoms with Gasteiger partial charge in [-0.15, -0.1) is 0 Å². The standard InChI is InChI=1S/C13H15BrClFO2/c14-8-6-9(15)10(16)7-13(8)18-12-5-3-1-2-4-11(12)17/h6-7,11-12,17H,1-5H2. The number of rotatable bonds is 2. The minimum Gasteiger partial charge on any atom is -0.486 e. The Labute approximate surface area is 119 Å². The van der Waals surface area contributed by atoms with Crippen molar-refractivity contribution in [3.63, 3.8) is 0 Å². The van der Waals surface area contributed by atoms with Crippen LogP contribution in [0.5, 0.6) is 5.75 Å². The van der Waals surface area contributed by atoms with Crippen LogP contribution in [0.4, 0.5) is 4.39 Å². The minimum absolute atomic E-state index is 0.0515. The Balaban J connectivity index is 2.14. The molecule has 0 bridgehead atoms. The fourth-order valence-electron chi connectivity index (χ4n) is 2.15. The summed E-state index contributed by atoms with van der Waals surface area (Å²) in [5.41, 5.74) is 0. The van der Waals surface area contributed by atoms with Crippen molar-refractivity contribution in [1.82, 2.24) is 0 Å². The summed E-state index contributed by atoms with van der Waals surface area (Å²) in [5.74, 6) is -0.124. The zero-order valence-corrected chi connectivity index (χ0v) is 12.2. The van der Waals surface area contributed by atoms with Crippen molar-refractivity contribution in [2.24, 2.45) is 0 Å². The van der Waals surface area contributed by atoms with Crippen molar-refractivity contribution in [3.05, 3.63) is 27.4 Å². The van der Waals surface area contributed by atoms with Crippen LogP contribution >= 0.6 is 27.5 Å². The summed E-state index contributed by atoms with van der Waals surface area (Å²) in [6.45, 7) is 0. The van der Waals surface area contributed by atoms with Gasteiger partial charge in [-0.1, -0.05) is 24.4 Å². The molecular formula is C13H15BrClFO2. The van der Waals surface area contributed by atoms with Crippen LogP contribution in [0, 0.1) is 5.82 Å². The van der Waals surface area contributed by atoms with E-state index in [-0.39, 0.29) is 11.1 Å². The molecule has 0 heterocycles. The lowest BCUT2D eigenvalue weighted by atomic mass is 10.1. The second-order valence-corrected chi connectivity index (χ2v) is 5.82. The van der Waals surface area contributed by atoms with E-state index in [1.54, 1.807) is 0 Å². The fraction of sp³-hybridized carbons (Fsp3) is 0.538. The van der Waals surface area contributed by atoms with Gasteiger partial charge in [0.1, 0.15) is 17.7 Å². The second kappa shape index (κ2) is 6.22. The zero-order valence-electron chi connectivity index (χ0n) is 9.83. The molecule has 5 heteroatoms. The lowest BCUT2D eigenvalue weighted by molar-refractivity contribution is 0.0314. The van der Waals surface area contributed by atoms with E-state index < -0.39 is 11.9 Å². The smallest absolute Gasteiger partial charge is 0.145 e.